The van der Waals surface area contributed by atoms with Crippen molar-refractivity contribution in [1.82, 2.24) is 4.90 Å². The highest BCUT2D eigenvalue weighted by Gasteiger charge is 2.61. The summed E-state index contributed by atoms with van der Waals surface area (Å²) in [5.41, 5.74) is -0.341. The molecule has 1 aromatic rings. The molecule has 0 unspecified atom stereocenters. The Bertz CT molecular complexity index is 1190. The summed E-state index contributed by atoms with van der Waals surface area (Å²) >= 11 is 0. The quantitative estimate of drug-likeness (QED) is 0.427. The fourth-order valence-corrected chi connectivity index (χ4v) is 8.62. The lowest BCUT2D eigenvalue weighted by Gasteiger charge is -2.59. The molecule has 202 valence electrons. The van der Waals surface area contributed by atoms with Crippen molar-refractivity contribution < 1.29 is 31.5 Å². The van der Waals surface area contributed by atoms with Crippen molar-refractivity contribution >= 4 is 17.5 Å². The highest BCUT2D eigenvalue weighted by Crippen LogP contribution is 2.67. The Morgan fingerprint density at radius 3 is 2.43 bits per heavy atom. The predicted octanol–water partition coefficient (Wildman–Crippen LogP) is 6.92. The van der Waals surface area contributed by atoms with Gasteiger partial charge in [-0.2, -0.15) is 13.2 Å². The van der Waals surface area contributed by atoms with Crippen LogP contribution in [0.3, 0.4) is 0 Å². The van der Waals surface area contributed by atoms with Crippen LogP contribution in [0.4, 0.5) is 27.6 Å². The minimum absolute atomic E-state index is 0.0990. The number of nitrogens with one attached hydrogen (secondary N) is 1. The molecule has 6 atom stereocenters. The van der Waals surface area contributed by atoms with Gasteiger partial charge in [-0.15, -0.1) is 0 Å². The molecule has 4 nitrogen and oxygen atoms in total. The van der Waals surface area contributed by atoms with Crippen LogP contribution in [-0.4, -0.2) is 23.8 Å². The van der Waals surface area contributed by atoms with Crippen molar-refractivity contribution in [2.45, 2.75) is 71.9 Å². The van der Waals surface area contributed by atoms with Crippen molar-refractivity contribution in [3.05, 3.63) is 40.6 Å². The maximum absolute atomic E-state index is 14.5. The van der Waals surface area contributed by atoms with Crippen molar-refractivity contribution in [3.8, 4) is 0 Å². The number of alkyl halides is 3. The highest BCUT2D eigenvalue weighted by molar-refractivity contribution is 5.93. The lowest BCUT2D eigenvalue weighted by Crippen LogP contribution is -2.54. The Labute approximate surface area is 213 Å². The van der Waals surface area contributed by atoms with E-state index >= 15 is 0 Å². The molecule has 4 aliphatic rings. The van der Waals surface area contributed by atoms with Gasteiger partial charge in [-0.3, -0.25) is 9.59 Å². The fourth-order valence-electron chi connectivity index (χ4n) is 8.62. The first-order valence-electron chi connectivity index (χ1n) is 13.0. The molecule has 0 aromatic heterocycles. The monoisotopic (exact) mass is 524 g/mol. The Morgan fingerprint density at radius 1 is 1.05 bits per heavy atom. The Hall–Kier alpha value is -2.45. The zero-order valence-corrected chi connectivity index (χ0v) is 21.6. The van der Waals surface area contributed by atoms with E-state index in [4.69, 9.17) is 0 Å². The van der Waals surface area contributed by atoms with Crippen molar-refractivity contribution in [1.29, 1.82) is 0 Å². The van der Waals surface area contributed by atoms with E-state index in [0.717, 1.165) is 43.9 Å². The average molecular weight is 525 g/mol. The second kappa shape index (κ2) is 8.53. The molecule has 0 radical (unpaired) electrons. The summed E-state index contributed by atoms with van der Waals surface area (Å²) < 4.78 is 67.3. The summed E-state index contributed by atoms with van der Waals surface area (Å²) in [5.74, 6) is -3.48. The molecule has 1 N–H and O–H groups in total. The lowest BCUT2D eigenvalue weighted by molar-refractivity contribution is -0.140. The van der Waals surface area contributed by atoms with Gasteiger partial charge in [0, 0.05) is 30.5 Å². The maximum Gasteiger partial charge on any atom is 0.419 e. The van der Waals surface area contributed by atoms with E-state index in [9.17, 15) is 31.5 Å². The van der Waals surface area contributed by atoms with Gasteiger partial charge in [0.05, 0.1) is 11.3 Å². The normalized spacial score (nSPS) is 35.7. The predicted molar refractivity (Wildman–Crippen MR) is 128 cm³/mol. The van der Waals surface area contributed by atoms with Crippen LogP contribution >= 0.6 is 0 Å². The van der Waals surface area contributed by atoms with Crippen LogP contribution in [0.5, 0.6) is 0 Å². The number of hydrogen-bond donors (Lipinski definition) is 1. The number of rotatable bonds is 2. The van der Waals surface area contributed by atoms with Gasteiger partial charge in [-0.05, 0) is 80.8 Å². The summed E-state index contributed by atoms with van der Waals surface area (Å²) in [7, 11) is 1.87. The third-order valence-corrected chi connectivity index (χ3v) is 10.3. The van der Waals surface area contributed by atoms with Gasteiger partial charge < -0.3 is 10.2 Å². The molecule has 1 saturated heterocycles. The van der Waals surface area contributed by atoms with E-state index < -0.39 is 40.9 Å². The molecule has 5 rings (SSSR count). The minimum atomic E-state index is -5.03. The van der Waals surface area contributed by atoms with Crippen molar-refractivity contribution in [2.24, 2.45) is 34.5 Å². The molecule has 2 saturated carbocycles. The molecule has 9 heteroatoms. The molecular formula is C28H33F5N2O2. The minimum Gasteiger partial charge on any atom is -0.323 e. The number of piperidine rings is 1. The number of carbonyl (C=O) groups excluding carboxylic acids is 2. The van der Waals surface area contributed by atoms with E-state index in [-0.39, 0.29) is 22.7 Å². The van der Waals surface area contributed by atoms with Crippen LogP contribution in [-0.2, 0) is 15.8 Å². The first-order valence-corrected chi connectivity index (χ1v) is 13.0. The van der Waals surface area contributed by atoms with Crippen LogP contribution in [0.2, 0.25) is 0 Å². The SMILES string of the molecule is CC1=C2N(C)C(=O)CC[C@]2(C)[C@H]2CC[C@]3(C)[C@@H](C(=O)Nc4ccc(C(F)(F)F)c(F)c4F)CC[C@H]3[C@@H]2C1. The van der Waals surface area contributed by atoms with Gasteiger partial charge in [0.25, 0.3) is 0 Å². The lowest BCUT2D eigenvalue weighted by atomic mass is 9.48. The highest BCUT2D eigenvalue weighted by atomic mass is 19.4. The molecule has 3 aliphatic carbocycles. The van der Waals surface area contributed by atoms with Gasteiger partial charge in [0.1, 0.15) is 0 Å². The number of anilines is 1. The number of nitrogens with zero attached hydrogens (tertiary/aromatic N) is 1. The van der Waals surface area contributed by atoms with Crippen molar-refractivity contribution in [3.63, 3.8) is 0 Å². The zero-order chi connectivity index (χ0) is 27.1. The summed E-state index contributed by atoms with van der Waals surface area (Å²) in [4.78, 5) is 27.6. The third-order valence-electron chi connectivity index (χ3n) is 10.3. The molecule has 1 aliphatic heterocycles. The number of likely N-dealkylation sites (tertiary alicyclic amines) is 1. The topological polar surface area (TPSA) is 49.4 Å². The molecule has 37 heavy (non-hydrogen) atoms. The summed E-state index contributed by atoms with van der Waals surface area (Å²) in [6.07, 6.45) is 0.285. The molecule has 3 fully saturated rings. The van der Waals surface area contributed by atoms with E-state index in [0.29, 0.717) is 30.7 Å². The van der Waals surface area contributed by atoms with Crippen molar-refractivity contribution in [2.75, 3.05) is 12.4 Å². The maximum atomic E-state index is 14.5. The van der Waals surface area contributed by atoms with E-state index in [1.54, 1.807) is 0 Å². The van der Waals surface area contributed by atoms with E-state index in [2.05, 4.69) is 26.1 Å². The van der Waals surface area contributed by atoms with Gasteiger partial charge in [-0.1, -0.05) is 19.4 Å². The van der Waals surface area contributed by atoms with Crippen LogP contribution in [0, 0.1) is 46.1 Å². The third kappa shape index (κ3) is 3.82. The van der Waals surface area contributed by atoms with Gasteiger partial charge in [-0.25, -0.2) is 8.78 Å². The summed E-state index contributed by atoms with van der Waals surface area (Å²) in [5, 5.41) is 2.40. The smallest absolute Gasteiger partial charge is 0.323 e. The van der Waals surface area contributed by atoms with Crippen LogP contribution in [0.1, 0.15) is 71.3 Å². The number of carbonyl (C=O) groups is 2. The first-order chi connectivity index (χ1) is 17.2. The average Bonchev–Trinajstić information content (AvgIpc) is 3.16. The number of allylic oxidation sites excluding steroid dienone is 2. The van der Waals surface area contributed by atoms with Gasteiger partial charge in [0.2, 0.25) is 11.8 Å². The fraction of sp³-hybridized carbons (Fsp3) is 0.643. The van der Waals surface area contributed by atoms with Gasteiger partial charge >= 0.3 is 6.18 Å². The summed E-state index contributed by atoms with van der Waals surface area (Å²) in [6.45, 7) is 6.48. The Balaban J connectivity index is 1.40. The number of amides is 2. The Kier molecular flexibility index (Phi) is 6.03. The number of fused-ring (bicyclic) bond motifs is 5. The number of hydrogen-bond acceptors (Lipinski definition) is 2. The second-order valence-corrected chi connectivity index (χ2v) is 12.0. The molecule has 0 spiro atoms. The molecule has 0 bridgehead atoms. The first kappa shape index (κ1) is 26.2. The molecule has 1 aromatic carbocycles. The van der Waals surface area contributed by atoms with Crippen LogP contribution in [0.15, 0.2) is 23.4 Å². The second-order valence-electron chi connectivity index (χ2n) is 12.0. The Morgan fingerprint density at radius 2 is 1.76 bits per heavy atom. The standard InChI is InChI=1S/C28H33F5N2O2/c1-14-13-15-16-5-6-19(25(37)34-20-8-7-18(28(31,32)33)22(29)23(20)30)26(16,2)11-9-17(15)27(3)12-10-21(36)35(4)24(14)27/h7-8,15-17,19H,5-6,9-13H2,1-4H3,(H,34,37)/t15-,16-,17-,19+,26-,27+/m0/s1. The zero-order valence-electron chi connectivity index (χ0n) is 21.6. The number of halogens is 5. The van der Waals surface area contributed by atoms with Crippen LogP contribution < -0.4 is 5.32 Å². The molecule has 2 amide bonds. The van der Waals surface area contributed by atoms with Gasteiger partial charge in [0.15, 0.2) is 11.6 Å². The largest absolute Gasteiger partial charge is 0.419 e. The summed E-state index contributed by atoms with van der Waals surface area (Å²) in [6, 6.07) is 1.24. The van der Waals surface area contributed by atoms with E-state index in [1.807, 2.05) is 11.9 Å². The number of benzene rings is 1. The van der Waals surface area contributed by atoms with E-state index in [1.165, 1.54) is 5.57 Å². The molecular weight excluding hydrogens is 491 g/mol. The molecule has 1 heterocycles. The van der Waals surface area contributed by atoms with Crippen LogP contribution in [0.25, 0.3) is 0 Å².